The minimum atomic E-state index is 0. The number of nitrogens with zero attached hydrogens (tertiary/aromatic N) is 4. The van der Waals surface area contributed by atoms with E-state index in [-0.39, 0.29) is 36.4 Å². The first-order valence-electron chi connectivity index (χ1n) is 10.8. The second-order valence-corrected chi connectivity index (χ2v) is 7.94. The molecule has 0 radical (unpaired) electrons. The first-order chi connectivity index (χ1) is 14.1. The molecule has 30 heavy (non-hydrogen) atoms. The van der Waals surface area contributed by atoms with Gasteiger partial charge in [-0.25, -0.2) is 4.99 Å². The molecule has 0 bridgehead atoms. The van der Waals surface area contributed by atoms with Gasteiger partial charge in [0.1, 0.15) is 6.54 Å². The molecule has 2 rings (SSSR count). The van der Waals surface area contributed by atoms with Crippen molar-refractivity contribution in [1.29, 1.82) is 0 Å². The minimum Gasteiger partial charge on any atom is -0.383 e. The van der Waals surface area contributed by atoms with E-state index in [1.54, 1.807) is 26.1 Å². The zero-order chi connectivity index (χ0) is 20.9. The molecule has 2 N–H and O–H groups in total. The van der Waals surface area contributed by atoms with Crippen LogP contribution in [0.1, 0.15) is 19.3 Å². The third-order valence-corrected chi connectivity index (χ3v) is 5.46. The van der Waals surface area contributed by atoms with Crippen LogP contribution < -0.4 is 10.6 Å². The number of hydrogen-bond donors (Lipinski definition) is 2. The molecule has 2 aliphatic heterocycles. The van der Waals surface area contributed by atoms with E-state index in [1.807, 2.05) is 0 Å². The fourth-order valence-corrected chi connectivity index (χ4v) is 3.49. The van der Waals surface area contributed by atoms with Crippen LogP contribution in [-0.2, 0) is 14.3 Å². The Kier molecular flexibility index (Phi) is 14.6. The average Bonchev–Trinajstić information content (AvgIpc) is 2.74. The second kappa shape index (κ2) is 16.0. The normalized spacial score (nSPS) is 19.2. The number of likely N-dealkylation sites (tertiary alicyclic amines) is 1. The standard InChI is InChI=1S/C20H40N6O3.HI/c1-24(2)19(27)17-22-20(21-7-4-8-25-12-15-29-16-13-25)23-18-5-9-26(10-6-18)11-14-28-3;/h18H,4-17H2,1-3H3,(H2,21,22,23);1H. The summed E-state index contributed by atoms with van der Waals surface area (Å²) in [6, 6.07) is 0.383. The van der Waals surface area contributed by atoms with E-state index >= 15 is 0 Å². The lowest BCUT2D eigenvalue weighted by atomic mass is 10.1. The number of rotatable bonds is 10. The van der Waals surface area contributed by atoms with Crippen LogP contribution in [0.4, 0.5) is 0 Å². The van der Waals surface area contributed by atoms with Gasteiger partial charge in [0.2, 0.25) is 5.91 Å². The smallest absolute Gasteiger partial charge is 0.243 e. The van der Waals surface area contributed by atoms with Crippen molar-refractivity contribution < 1.29 is 14.3 Å². The molecular weight excluding hydrogens is 499 g/mol. The van der Waals surface area contributed by atoms with Gasteiger partial charge in [-0.3, -0.25) is 9.69 Å². The van der Waals surface area contributed by atoms with E-state index in [2.05, 4.69) is 25.4 Å². The van der Waals surface area contributed by atoms with Gasteiger partial charge in [-0.2, -0.15) is 0 Å². The van der Waals surface area contributed by atoms with Crippen molar-refractivity contribution in [2.45, 2.75) is 25.3 Å². The van der Waals surface area contributed by atoms with Crippen LogP contribution in [0.3, 0.4) is 0 Å². The van der Waals surface area contributed by atoms with Crippen molar-refractivity contribution in [3.63, 3.8) is 0 Å². The van der Waals surface area contributed by atoms with E-state index in [1.165, 1.54) is 0 Å². The monoisotopic (exact) mass is 540 g/mol. The van der Waals surface area contributed by atoms with Crippen molar-refractivity contribution in [1.82, 2.24) is 25.3 Å². The average molecular weight is 540 g/mol. The zero-order valence-corrected chi connectivity index (χ0v) is 21.2. The quantitative estimate of drug-likeness (QED) is 0.176. The van der Waals surface area contributed by atoms with E-state index in [4.69, 9.17) is 9.47 Å². The molecule has 2 saturated heterocycles. The van der Waals surface area contributed by atoms with Gasteiger partial charge in [-0.15, -0.1) is 24.0 Å². The molecule has 0 spiro atoms. The van der Waals surface area contributed by atoms with Crippen LogP contribution >= 0.6 is 24.0 Å². The molecule has 9 nitrogen and oxygen atoms in total. The third kappa shape index (κ3) is 11.1. The number of guanidine groups is 1. The van der Waals surface area contributed by atoms with E-state index in [9.17, 15) is 4.79 Å². The molecule has 0 aromatic heterocycles. The lowest BCUT2D eigenvalue weighted by Crippen LogP contribution is -2.49. The molecule has 2 heterocycles. The van der Waals surface area contributed by atoms with Gasteiger partial charge in [-0.1, -0.05) is 0 Å². The number of hydrogen-bond acceptors (Lipinski definition) is 6. The summed E-state index contributed by atoms with van der Waals surface area (Å²) < 4.78 is 10.6. The van der Waals surface area contributed by atoms with Crippen LogP contribution in [0.15, 0.2) is 4.99 Å². The fraction of sp³-hybridized carbons (Fsp3) is 0.900. The molecule has 0 saturated carbocycles. The number of morpholine rings is 1. The number of aliphatic imine (C=N–C) groups is 1. The van der Waals surface area contributed by atoms with E-state index < -0.39 is 0 Å². The molecule has 0 atom stereocenters. The number of nitrogens with one attached hydrogen (secondary N) is 2. The summed E-state index contributed by atoms with van der Waals surface area (Å²) >= 11 is 0. The van der Waals surface area contributed by atoms with Crippen molar-refractivity contribution in [2.75, 3.05) is 93.4 Å². The molecule has 2 fully saturated rings. The Morgan fingerprint density at radius 2 is 1.80 bits per heavy atom. The Bertz CT molecular complexity index is 495. The van der Waals surface area contributed by atoms with Gasteiger partial charge >= 0.3 is 0 Å². The Labute approximate surface area is 198 Å². The predicted molar refractivity (Wildman–Crippen MR) is 131 cm³/mol. The van der Waals surface area contributed by atoms with Gasteiger partial charge in [-0.05, 0) is 25.8 Å². The number of likely N-dealkylation sites (N-methyl/N-ethyl adjacent to an activating group) is 1. The second-order valence-electron chi connectivity index (χ2n) is 7.94. The van der Waals surface area contributed by atoms with Crippen LogP contribution in [0, 0.1) is 0 Å². The van der Waals surface area contributed by atoms with Crippen molar-refractivity contribution in [2.24, 2.45) is 4.99 Å². The molecule has 0 aromatic carbocycles. The van der Waals surface area contributed by atoms with Crippen LogP contribution in [0.5, 0.6) is 0 Å². The zero-order valence-electron chi connectivity index (χ0n) is 18.9. The van der Waals surface area contributed by atoms with Crippen molar-refractivity contribution >= 4 is 35.8 Å². The highest BCUT2D eigenvalue weighted by Crippen LogP contribution is 2.10. The molecule has 0 aromatic rings. The van der Waals surface area contributed by atoms with Gasteiger partial charge in [0, 0.05) is 66.5 Å². The lowest BCUT2D eigenvalue weighted by Gasteiger charge is -2.33. The summed E-state index contributed by atoms with van der Waals surface area (Å²) in [6.07, 6.45) is 3.18. The summed E-state index contributed by atoms with van der Waals surface area (Å²) in [5, 5.41) is 6.96. The van der Waals surface area contributed by atoms with Gasteiger partial charge in [0.05, 0.1) is 19.8 Å². The molecule has 1 amide bonds. The molecule has 0 unspecified atom stereocenters. The number of halogens is 1. The lowest BCUT2D eigenvalue weighted by molar-refractivity contribution is -0.127. The highest BCUT2D eigenvalue weighted by atomic mass is 127. The SMILES string of the molecule is COCCN1CCC(NC(=NCC(=O)N(C)C)NCCCN2CCOCC2)CC1.I. The highest BCUT2D eigenvalue weighted by molar-refractivity contribution is 14.0. The topological polar surface area (TPSA) is 81.7 Å². The number of carbonyl (C=O) groups excluding carboxylic acids is 1. The molecule has 176 valence electrons. The summed E-state index contributed by atoms with van der Waals surface area (Å²) in [4.78, 5) is 22.9. The maximum absolute atomic E-state index is 11.9. The number of carbonyl (C=O) groups is 1. The third-order valence-electron chi connectivity index (χ3n) is 5.46. The summed E-state index contributed by atoms with van der Waals surface area (Å²) in [6.45, 7) is 9.63. The van der Waals surface area contributed by atoms with E-state index in [0.717, 1.165) is 90.9 Å². The molecule has 0 aliphatic carbocycles. The highest BCUT2D eigenvalue weighted by Gasteiger charge is 2.20. The Morgan fingerprint density at radius 3 is 2.43 bits per heavy atom. The van der Waals surface area contributed by atoms with Crippen LogP contribution in [0.25, 0.3) is 0 Å². The Morgan fingerprint density at radius 1 is 1.13 bits per heavy atom. The van der Waals surface area contributed by atoms with Crippen molar-refractivity contribution in [3.8, 4) is 0 Å². The fourth-order valence-electron chi connectivity index (χ4n) is 3.49. The Balaban J connectivity index is 0.00000450. The first-order valence-corrected chi connectivity index (χ1v) is 10.8. The first kappa shape index (κ1) is 27.3. The predicted octanol–water partition coefficient (Wildman–Crippen LogP) is 0.0609. The molecular formula is C20H41IN6O3. The summed E-state index contributed by atoms with van der Waals surface area (Å²) in [5.74, 6) is 0.756. The largest absolute Gasteiger partial charge is 0.383 e. The van der Waals surface area contributed by atoms with Gasteiger partial charge < -0.3 is 29.9 Å². The van der Waals surface area contributed by atoms with Crippen molar-refractivity contribution in [3.05, 3.63) is 0 Å². The number of piperidine rings is 1. The summed E-state index contributed by atoms with van der Waals surface area (Å²) in [7, 11) is 5.27. The van der Waals surface area contributed by atoms with E-state index in [0.29, 0.717) is 6.04 Å². The van der Waals surface area contributed by atoms with Crippen LogP contribution in [-0.4, -0.2) is 126 Å². The number of methoxy groups -OCH3 is 1. The number of amides is 1. The van der Waals surface area contributed by atoms with Gasteiger partial charge in [0.25, 0.3) is 0 Å². The number of ether oxygens (including phenoxy) is 2. The maximum atomic E-state index is 11.9. The molecule has 10 heteroatoms. The maximum Gasteiger partial charge on any atom is 0.243 e. The van der Waals surface area contributed by atoms with Gasteiger partial charge in [0.15, 0.2) is 5.96 Å². The molecule has 2 aliphatic rings. The summed E-state index contributed by atoms with van der Waals surface area (Å²) in [5.41, 5.74) is 0. The minimum absolute atomic E-state index is 0. The van der Waals surface area contributed by atoms with Crippen LogP contribution in [0.2, 0.25) is 0 Å². The Hall–Kier alpha value is -0.690.